The van der Waals surface area contributed by atoms with Crippen molar-refractivity contribution in [2.75, 3.05) is 7.11 Å². The Kier molecular flexibility index (Phi) is 5.61. The fraction of sp³-hybridized carbons (Fsp3) is 0.167. The topological polar surface area (TPSA) is 122 Å². The van der Waals surface area contributed by atoms with Gasteiger partial charge in [0, 0.05) is 17.2 Å². The number of nitro groups is 1. The van der Waals surface area contributed by atoms with Crippen LogP contribution in [0.15, 0.2) is 48.8 Å². The molecule has 0 aliphatic heterocycles. The number of aryl methyl sites for hydroxylation is 2. The summed E-state index contributed by atoms with van der Waals surface area (Å²) in [4.78, 5) is 33.0. The van der Waals surface area contributed by atoms with Crippen molar-refractivity contribution in [3.63, 3.8) is 0 Å². The second-order valence-corrected chi connectivity index (χ2v) is 8.87. The van der Waals surface area contributed by atoms with Crippen LogP contribution in [0.1, 0.15) is 26.4 Å². The number of rotatable bonds is 6. The maximum atomic E-state index is 12.1. The Labute approximate surface area is 202 Å². The summed E-state index contributed by atoms with van der Waals surface area (Å²) in [5.41, 5.74) is 3.64. The van der Waals surface area contributed by atoms with E-state index in [1.807, 2.05) is 31.2 Å². The third-order valence-electron chi connectivity index (χ3n) is 5.59. The number of ether oxygens (including phenoxy) is 2. The van der Waals surface area contributed by atoms with Gasteiger partial charge in [-0.05, 0) is 43.2 Å². The van der Waals surface area contributed by atoms with E-state index in [0.717, 1.165) is 22.1 Å². The molecule has 0 fully saturated rings. The van der Waals surface area contributed by atoms with Crippen LogP contribution >= 0.6 is 11.3 Å². The Morgan fingerprint density at radius 2 is 2.03 bits per heavy atom. The normalized spacial score (nSPS) is 11.2. The van der Waals surface area contributed by atoms with E-state index in [-0.39, 0.29) is 12.3 Å². The second-order valence-electron chi connectivity index (χ2n) is 7.87. The molecule has 0 unspecified atom stereocenters. The molecule has 0 atom stereocenters. The zero-order valence-corrected chi connectivity index (χ0v) is 19.8. The minimum atomic E-state index is -0.415. The lowest BCUT2D eigenvalue weighted by atomic mass is 10.1. The number of nitrogens with zero attached hydrogens (tertiary/aromatic N) is 5. The number of esters is 1. The van der Waals surface area contributed by atoms with Crippen LogP contribution in [0.4, 0.5) is 5.69 Å². The first-order valence-electron chi connectivity index (χ1n) is 10.6. The van der Waals surface area contributed by atoms with Gasteiger partial charge in [-0.25, -0.2) is 19.3 Å². The minimum absolute atomic E-state index is 0.0560. The molecule has 0 spiro atoms. The average Bonchev–Trinajstić information content (AvgIpc) is 3.43. The van der Waals surface area contributed by atoms with Crippen molar-refractivity contribution in [3.8, 4) is 17.1 Å². The molecule has 0 bridgehead atoms. The highest BCUT2D eigenvalue weighted by molar-refractivity contribution is 7.20. The van der Waals surface area contributed by atoms with Gasteiger partial charge in [-0.2, -0.15) is 0 Å². The van der Waals surface area contributed by atoms with Gasteiger partial charge in [0.2, 0.25) is 0 Å². The van der Waals surface area contributed by atoms with Crippen LogP contribution < -0.4 is 4.74 Å². The van der Waals surface area contributed by atoms with Gasteiger partial charge in [-0.15, -0.1) is 16.4 Å². The van der Waals surface area contributed by atoms with E-state index in [1.165, 1.54) is 24.5 Å². The molecule has 0 N–H and O–H groups in total. The Morgan fingerprint density at radius 1 is 1.20 bits per heavy atom. The molecular weight excluding hydrogens is 470 g/mol. The molecule has 0 amide bonds. The van der Waals surface area contributed by atoms with E-state index in [1.54, 1.807) is 29.9 Å². The molecule has 11 heteroatoms. The van der Waals surface area contributed by atoms with E-state index >= 15 is 0 Å². The van der Waals surface area contributed by atoms with Crippen molar-refractivity contribution >= 4 is 38.9 Å². The third kappa shape index (κ3) is 4.06. The summed E-state index contributed by atoms with van der Waals surface area (Å²) in [6.07, 6.45) is 1.58. The number of thiophene rings is 1. The number of carbonyl (C=O) groups excluding carboxylic acids is 1. The first-order chi connectivity index (χ1) is 16.9. The van der Waals surface area contributed by atoms with E-state index < -0.39 is 10.9 Å². The SMILES string of the molecule is COC(=O)c1sc2ncn3nc(-c4cccc(COc5ccc([N+](=O)[O-])c(C)c5)c4)nc3c2c1C. The highest BCUT2D eigenvalue weighted by Gasteiger charge is 2.21. The van der Waals surface area contributed by atoms with Crippen molar-refractivity contribution in [2.24, 2.45) is 0 Å². The number of hydrogen-bond acceptors (Lipinski definition) is 9. The molecule has 2 aromatic carbocycles. The van der Waals surface area contributed by atoms with Crippen LogP contribution in [0.25, 0.3) is 27.3 Å². The molecule has 0 aliphatic rings. The minimum Gasteiger partial charge on any atom is -0.489 e. The van der Waals surface area contributed by atoms with E-state index in [9.17, 15) is 14.9 Å². The molecule has 5 rings (SSSR count). The molecule has 5 aromatic rings. The lowest BCUT2D eigenvalue weighted by Gasteiger charge is -2.08. The molecular formula is C24H19N5O5S. The molecule has 35 heavy (non-hydrogen) atoms. The van der Waals surface area contributed by atoms with Gasteiger partial charge < -0.3 is 9.47 Å². The van der Waals surface area contributed by atoms with Crippen molar-refractivity contribution in [2.45, 2.75) is 20.5 Å². The Balaban J connectivity index is 1.44. The van der Waals surface area contributed by atoms with Crippen molar-refractivity contribution in [1.29, 1.82) is 0 Å². The smallest absolute Gasteiger partial charge is 0.348 e. The largest absolute Gasteiger partial charge is 0.489 e. The molecule has 0 aliphatic carbocycles. The first-order valence-corrected chi connectivity index (χ1v) is 11.4. The number of nitro benzene ring substituents is 1. The van der Waals surface area contributed by atoms with Crippen molar-refractivity contribution in [3.05, 3.63) is 80.5 Å². The van der Waals surface area contributed by atoms with Crippen molar-refractivity contribution in [1.82, 2.24) is 19.6 Å². The van der Waals surface area contributed by atoms with Crippen molar-refractivity contribution < 1.29 is 19.2 Å². The summed E-state index contributed by atoms with van der Waals surface area (Å²) in [5, 5.41) is 16.4. The number of aromatic nitrogens is 4. The van der Waals surface area contributed by atoms with Gasteiger partial charge >= 0.3 is 5.97 Å². The highest BCUT2D eigenvalue weighted by atomic mass is 32.1. The lowest BCUT2D eigenvalue weighted by molar-refractivity contribution is -0.385. The van der Waals surface area contributed by atoms with E-state index in [2.05, 4.69) is 10.1 Å². The van der Waals surface area contributed by atoms with Crippen LogP contribution in [0.5, 0.6) is 5.75 Å². The zero-order chi connectivity index (χ0) is 24.7. The van der Waals surface area contributed by atoms with Gasteiger partial charge in [0.25, 0.3) is 5.69 Å². The number of carbonyl (C=O) groups is 1. The fourth-order valence-corrected chi connectivity index (χ4v) is 4.89. The molecule has 176 valence electrons. The Bertz CT molecular complexity index is 1620. The molecule has 0 saturated carbocycles. The number of fused-ring (bicyclic) bond motifs is 3. The standard InChI is InChI=1S/C24H19N5O5S/c1-13-9-17(7-8-18(13)29(31)32)34-11-15-5-4-6-16(10-15)21-26-22-19-14(2)20(24(30)33-3)35-23(19)25-12-28(22)27-21/h4-10,12H,11H2,1-3H3. The number of hydrogen-bond donors (Lipinski definition) is 0. The van der Waals surface area contributed by atoms with Gasteiger partial charge in [-0.1, -0.05) is 18.2 Å². The molecule has 0 radical (unpaired) electrons. The summed E-state index contributed by atoms with van der Waals surface area (Å²) < 4.78 is 12.3. The summed E-state index contributed by atoms with van der Waals surface area (Å²) in [6, 6.07) is 12.3. The fourth-order valence-electron chi connectivity index (χ4n) is 3.83. The predicted molar refractivity (Wildman–Crippen MR) is 130 cm³/mol. The van der Waals surface area contributed by atoms with Gasteiger partial charge in [0.05, 0.1) is 17.4 Å². The molecule has 0 saturated heterocycles. The van der Waals surface area contributed by atoms with Gasteiger partial charge in [0.1, 0.15) is 28.4 Å². The van der Waals surface area contributed by atoms with Crippen LogP contribution in [0.3, 0.4) is 0 Å². The maximum absolute atomic E-state index is 12.1. The predicted octanol–water partition coefficient (Wildman–Crippen LogP) is 4.90. The average molecular weight is 490 g/mol. The summed E-state index contributed by atoms with van der Waals surface area (Å²) in [7, 11) is 1.35. The number of benzene rings is 2. The quantitative estimate of drug-likeness (QED) is 0.188. The van der Waals surface area contributed by atoms with Gasteiger partial charge in [-0.3, -0.25) is 10.1 Å². The maximum Gasteiger partial charge on any atom is 0.348 e. The van der Waals surface area contributed by atoms with Crippen LogP contribution in [0, 0.1) is 24.0 Å². The monoisotopic (exact) mass is 489 g/mol. The van der Waals surface area contributed by atoms with Crippen LogP contribution in [-0.4, -0.2) is 37.6 Å². The summed E-state index contributed by atoms with van der Waals surface area (Å²) >= 11 is 1.27. The van der Waals surface area contributed by atoms with E-state index in [0.29, 0.717) is 32.5 Å². The zero-order valence-electron chi connectivity index (χ0n) is 19.0. The second kappa shape index (κ2) is 8.76. The first kappa shape index (κ1) is 22.4. The Morgan fingerprint density at radius 3 is 2.77 bits per heavy atom. The van der Waals surface area contributed by atoms with Crippen LogP contribution in [0.2, 0.25) is 0 Å². The lowest BCUT2D eigenvalue weighted by Crippen LogP contribution is -1.99. The third-order valence-corrected chi connectivity index (χ3v) is 6.77. The highest BCUT2D eigenvalue weighted by Crippen LogP contribution is 2.33. The van der Waals surface area contributed by atoms with Gasteiger partial charge in [0.15, 0.2) is 11.5 Å². The number of methoxy groups -OCH3 is 1. The molecule has 3 aromatic heterocycles. The molecule has 3 heterocycles. The van der Waals surface area contributed by atoms with Crippen LogP contribution in [-0.2, 0) is 11.3 Å². The molecule has 10 nitrogen and oxygen atoms in total. The summed E-state index contributed by atoms with van der Waals surface area (Å²) in [6.45, 7) is 3.80. The Hall–Kier alpha value is -4.38. The summed E-state index contributed by atoms with van der Waals surface area (Å²) in [5.74, 6) is 0.657. The van der Waals surface area contributed by atoms with E-state index in [4.69, 9.17) is 14.5 Å².